The number of hydrogen-bond donors (Lipinski definition) is 3. The van der Waals surface area contributed by atoms with Crippen LogP contribution in [0.25, 0.3) is 0 Å². The van der Waals surface area contributed by atoms with Crippen molar-refractivity contribution < 1.29 is 14.6 Å². The lowest BCUT2D eigenvalue weighted by molar-refractivity contribution is 0.136. The molecule has 0 aromatic heterocycles. The van der Waals surface area contributed by atoms with Crippen molar-refractivity contribution in [1.82, 2.24) is 5.32 Å². The molecule has 0 aromatic rings. The van der Waals surface area contributed by atoms with Crippen molar-refractivity contribution in [3.05, 3.63) is 0 Å². The molecule has 4 heteroatoms. The number of rotatable bonds is 5. The van der Waals surface area contributed by atoms with Crippen LogP contribution in [0.4, 0.5) is 4.39 Å². The van der Waals surface area contributed by atoms with Crippen molar-refractivity contribution in [3.63, 3.8) is 0 Å². The van der Waals surface area contributed by atoms with Crippen LogP contribution in [-0.4, -0.2) is 42.7 Å². The predicted octanol–water partition coefficient (Wildman–Crippen LogP) is -1.10. The molecule has 0 aromatic carbocycles. The summed E-state index contributed by atoms with van der Waals surface area (Å²) in [6.45, 7) is -0.119. The van der Waals surface area contributed by atoms with Gasteiger partial charge in [0.05, 0.1) is 12.7 Å². The minimum absolute atomic E-state index is 0.0129. The summed E-state index contributed by atoms with van der Waals surface area (Å²) in [5.74, 6) is 0. The first kappa shape index (κ1) is 8.81. The van der Waals surface area contributed by atoms with E-state index in [9.17, 15) is 4.39 Å². The fraction of sp³-hybridized carbons (Fsp3) is 1.00. The lowest BCUT2D eigenvalue weighted by atomic mass is 10.4. The third-order valence-corrected chi connectivity index (χ3v) is 0.847. The number of alkyl halides is 1. The average Bonchev–Trinajstić information content (AvgIpc) is 1.89. The van der Waals surface area contributed by atoms with Crippen LogP contribution in [0, 0.1) is 0 Å². The van der Waals surface area contributed by atoms with Gasteiger partial charge in [0, 0.05) is 13.1 Å². The van der Waals surface area contributed by atoms with Crippen molar-refractivity contribution in [3.8, 4) is 0 Å². The van der Waals surface area contributed by atoms with Gasteiger partial charge in [0.2, 0.25) is 0 Å². The largest absolute Gasteiger partial charge is 0.395 e. The number of hydrogen-bond acceptors (Lipinski definition) is 3. The van der Waals surface area contributed by atoms with E-state index in [1.165, 1.54) is 0 Å². The van der Waals surface area contributed by atoms with Crippen LogP contribution in [0.1, 0.15) is 0 Å². The van der Waals surface area contributed by atoms with Gasteiger partial charge in [-0.15, -0.1) is 0 Å². The number of aliphatic hydroxyl groups excluding tert-OH is 2. The Hall–Kier alpha value is -0.190. The number of nitrogens with one attached hydrogen (secondary N) is 1. The van der Waals surface area contributed by atoms with E-state index in [0.717, 1.165) is 0 Å². The molecule has 0 rings (SSSR count). The Morgan fingerprint density at radius 2 is 2.22 bits per heavy atom. The highest BCUT2D eigenvalue weighted by Crippen LogP contribution is 1.79. The third-order valence-electron chi connectivity index (χ3n) is 0.847. The summed E-state index contributed by atoms with van der Waals surface area (Å²) in [5.41, 5.74) is 0. The van der Waals surface area contributed by atoms with Crippen LogP contribution in [-0.2, 0) is 0 Å². The van der Waals surface area contributed by atoms with Crippen LogP contribution in [0.5, 0.6) is 0 Å². The molecule has 0 bridgehead atoms. The minimum atomic E-state index is -0.934. The van der Waals surface area contributed by atoms with Crippen LogP contribution >= 0.6 is 0 Å². The Balaban J connectivity index is 2.88. The van der Waals surface area contributed by atoms with Gasteiger partial charge in [-0.3, -0.25) is 0 Å². The molecule has 9 heavy (non-hydrogen) atoms. The molecular formula is C5H12FNO2. The van der Waals surface area contributed by atoms with Crippen LogP contribution < -0.4 is 5.32 Å². The Morgan fingerprint density at radius 3 is 2.67 bits per heavy atom. The van der Waals surface area contributed by atoms with E-state index in [2.05, 4.69) is 5.32 Å². The van der Waals surface area contributed by atoms with Crippen LogP contribution in [0.2, 0.25) is 0 Å². The van der Waals surface area contributed by atoms with Gasteiger partial charge in [-0.05, 0) is 0 Å². The van der Waals surface area contributed by atoms with Gasteiger partial charge in [0.15, 0.2) is 0 Å². The molecule has 3 nitrogen and oxygen atoms in total. The Bertz CT molecular complexity index is 62.9. The lowest BCUT2D eigenvalue weighted by Crippen LogP contribution is -2.30. The molecule has 1 unspecified atom stereocenters. The molecule has 0 spiro atoms. The summed E-state index contributed by atoms with van der Waals surface area (Å²) in [5, 5.41) is 19.4. The Morgan fingerprint density at radius 1 is 1.56 bits per heavy atom. The van der Waals surface area contributed by atoms with E-state index in [1.54, 1.807) is 0 Å². The van der Waals surface area contributed by atoms with E-state index in [1.807, 2.05) is 0 Å². The van der Waals surface area contributed by atoms with Gasteiger partial charge in [-0.1, -0.05) is 0 Å². The zero-order valence-corrected chi connectivity index (χ0v) is 5.18. The van der Waals surface area contributed by atoms with Crippen molar-refractivity contribution >= 4 is 0 Å². The summed E-state index contributed by atoms with van der Waals surface area (Å²) < 4.78 is 11.5. The zero-order chi connectivity index (χ0) is 7.11. The molecule has 0 fully saturated rings. The number of halogens is 1. The molecule has 0 aliphatic carbocycles. The molecule has 0 saturated carbocycles. The quantitative estimate of drug-likeness (QED) is 0.421. The molecule has 3 N–H and O–H groups in total. The molecule has 0 amide bonds. The van der Waals surface area contributed by atoms with Gasteiger partial charge in [-0.2, -0.15) is 0 Å². The summed E-state index contributed by atoms with van der Waals surface area (Å²) in [4.78, 5) is 0. The first-order valence-electron chi connectivity index (χ1n) is 2.87. The van der Waals surface area contributed by atoms with Crippen LogP contribution in [0.15, 0.2) is 0 Å². The summed E-state index contributed by atoms with van der Waals surface area (Å²) >= 11 is 0. The minimum Gasteiger partial charge on any atom is -0.395 e. The van der Waals surface area contributed by atoms with Crippen molar-refractivity contribution in [2.24, 2.45) is 0 Å². The monoisotopic (exact) mass is 137 g/mol. The van der Waals surface area contributed by atoms with Gasteiger partial charge in [-0.25, -0.2) is 4.39 Å². The normalized spacial score (nSPS) is 13.7. The van der Waals surface area contributed by atoms with Gasteiger partial charge >= 0.3 is 0 Å². The average molecular weight is 137 g/mol. The Kier molecular flexibility index (Phi) is 5.81. The molecule has 0 saturated heterocycles. The van der Waals surface area contributed by atoms with Crippen molar-refractivity contribution in [2.45, 2.75) is 6.10 Å². The van der Waals surface area contributed by atoms with E-state index in [-0.39, 0.29) is 13.2 Å². The molecule has 0 heterocycles. The molecule has 0 aliphatic heterocycles. The van der Waals surface area contributed by atoms with E-state index >= 15 is 0 Å². The van der Waals surface area contributed by atoms with E-state index in [0.29, 0.717) is 6.54 Å². The second kappa shape index (κ2) is 5.94. The maximum atomic E-state index is 11.5. The predicted molar refractivity (Wildman–Crippen MR) is 31.9 cm³/mol. The fourth-order valence-electron chi connectivity index (χ4n) is 0.402. The van der Waals surface area contributed by atoms with Gasteiger partial charge in [0.25, 0.3) is 0 Å². The molecule has 0 radical (unpaired) electrons. The van der Waals surface area contributed by atoms with E-state index < -0.39 is 12.8 Å². The molecule has 56 valence electrons. The SMILES string of the molecule is OCCNCC(O)CF. The van der Waals surface area contributed by atoms with Crippen molar-refractivity contribution in [2.75, 3.05) is 26.4 Å². The number of aliphatic hydroxyl groups is 2. The van der Waals surface area contributed by atoms with Crippen molar-refractivity contribution in [1.29, 1.82) is 0 Å². The highest BCUT2D eigenvalue weighted by molar-refractivity contribution is 4.55. The summed E-state index contributed by atoms with van der Waals surface area (Å²) in [6, 6.07) is 0. The smallest absolute Gasteiger partial charge is 0.117 e. The molecule has 1 atom stereocenters. The summed E-state index contributed by atoms with van der Waals surface area (Å²) in [7, 11) is 0. The molecular weight excluding hydrogens is 125 g/mol. The summed E-state index contributed by atoms with van der Waals surface area (Å²) in [6.07, 6.45) is -0.934. The van der Waals surface area contributed by atoms with Gasteiger partial charge in [0.1, 0.15) is 6.67 Å². The topological polar surface area (TPSA) is 52.5 Å². The van der Waals surface area contributed by atoms with Crippen LogP contribution in [0.3, 0.4) is 0 Å². The Labute approximate surface area is 53.5 Å². The van der Waals surface area contributed by atoms with E-state index in [4.69, 9.17) is 10.2 Å². The van der Waals surface area contributed by atoms with Gasteiger partial charge < -0.3 is 15.5 Å². The third kappa shape index (κ3) is 5.68. The highest BCUT2D eigenvalue weighted by atomic mass is 19.1. The first-order valence-corrected chi connectivity index (χ1v) is 2.87. The first-order chi connectivity index (χ1) is 4.31. The zero-order valence-electron chi connectivity index (χ0n) is 5.18. The maximum absolute atomic E-state index is 11.5. The maximum Gasteiger partial charge on any atom is 0.117 e. The highest BCUT2D eigenvalue weighted by Gasteiger charge is 1.99. The second-order valence-electron chi connectivity index (χ2n) is 1.74. The second-order valence-corrected chi connectivity index (χ2v) is 1.74. The molecule has 0 aliphatic rings. The standard InChI is InChI=1S/C5H12FNO2/c6-3-5(9)4-7-1-2-8/h5,7-9H,1-4H2. The lowest BCUT2D eigenvalue weighted by Gasteiger charge is -2.05. The fourth-order valence-corrected chi connectivity index (χ4v) is 0.402.